The van der Waals surface area contributed by atoms with E-state index in [4.69, 9.17) is 20.4 Å². The Morgan fingerprint density at radius 1 is 1.42 bits per heavy atom. The van der Waals surface area contributed by atoms with Gasteiger partial charge in [0, 0.05) is 0 Å². The predicted molar refractivity (Wildman–Crippen MR) is 34.8 cm³/mol. The highest BCUT2D eigenvalue weighted by molar-refractivity contribution is 5.84. The summed E-state index contributed by atoms with van der Waals surface area (Å²) in [5.74, 6) is -1.97. The standard InChI is InChI=1S/C6H8O6/c7-2-1-3(5(9)10)12-6(11)4(2)8/h1-2,4,6-8,11H,(H,9,10)/t2-,4-,6-/m0/s1. The first-order valence-electron chi connectivity index (χ1n) is 3.18. The molecule has 0 unspecified atom stereocenters. The fraction of sp³-hybridized carbons (Fsp3) is 0.500. The van der Waals surface area contributed by atoms with Gasteiger partial charge >= 0.3 is 5.97 Å². The monoisotopic (exact) mass is 176 g/mol. The van der Waals surface area contributed by atoms with Gasteiger partial charge in [0.05, 0.1) is 0 Å². The molecule has 1 heterocycles. The molecule has 0 aromatic heterocycles. The average molecular weight is 176 g/mol. The third-order valence-corrected chi connectivity index (χ3v) is 1.42. The zero-order valence-electron chi connectivity index (χ0n) is 5.91. The highest BCUT2D eigenvalue weighted by atomic mass is 16.6. The maximum atomic E-state index is 10.3. The van der Waals surface area contributed by atoms with Crippen LogP contribution in [0.1, 0.15) is 0 Å². The Morgan fingerprint density at radius 3 is 2.42 bits per heavy atom. The van der Waals surface area contributed by atoms with Gasteiger partial charge < -0.3 is 25.2 Å². The average Bonchev–Trinajstić information content (AvgIpc) is 1.99. The van der Waals surface area contributed by atoms with E-state index in [1.165, 1.54) is 0 Å². The minimum absolute atomic E-state index is 0.569. The lowest BCUT2D eigenvalue weighted by atomic mass is 10.1. The molecule has 6 heteroatoms. The fourth-order valence-corrected chi connectivity index (χ4v) is 0.783. The Kier molecular flexibility index (Phi) is 2.32. The molecule has 0 aromatic rings. The Labute approximate surface area is 67.3 Å². The number of hydrogen-bond donors (Lipinski definition) is 4. The first kappa shape index (κ1) is 8.98. The van der Waals surface area contributed by atoms with Crippen LogP contribution in [0.25, 0.3) is 0 Å². The molecule has 0 saturated heterocycles. The molecule has 3 atom stereocenters. The van der Waals surface area contributed by atoms with Crippen LogP contribution in [-0.4, -0.2) is 44.9 Å². The lowest BCUT2D eigenvalue weighted by molar-refractivity contribution is -0.183. The fourth-order valence-electron chi connectivity index (χ4n) is 0.783. The van der Waals surface area contributed by atoms with Crippen LogP contribution in [0, 0.1) is 0 Å². The number of aliphatic carboxylic acids is 1. The minimum atomic E-state index is -1.70. The van der Waals surface area contributed by atoms with Crippen molar-refractivity contribution in [3.8, 4) is 0 Å². The molecule has 68 valence electrons. The van der Waals surface area contributed by atoms with Crippen molar-refractivity contribution in [3.63, 3.8) is 0 Å². The second-order valence-electron chi connectivity index (χ2n) is 2.33. The number of carboxylic acid groups (broad SMARTS) is 1. The second kappa shape index (κ2) is 3.10. The van der Waals surface area contributed by atoms with Crippen molar-refractivity contribution >= 4 is 5.97 Å². The van der Waals surface area contributed by atoms with E-state index in [1.54, 1.807) is 0 Å². The van der Waals surface area contributed by atoms with E-state index in [1.807, 2.05) is 0 Å². The van der Waals surface area contributed by atoms with Crippen LogP contribution >= 0.6 is 0 Å². The van der Waals surface area contributed by atoms with E-state index in [9.17, 15) is 4.79 Å². The van der Waals surface area contributed by atoms with E-state index in [2.05, 4.69) is 4.74 Å². The molecule has 4 N–H and O–H groups in total. The number of aliphatic hydroxyl groups excluding tert-OH is 3. The van der Waals surface area contributed by atoms with Crippen LogP contribution in [0.5, 0.6) is 0 Å². The first-order valence-corrected chi connectivity index (χ1v) is 3.18. The smallest absolute Gasteiger partial charge is 0.371 e. The van der Waals surface area contributed by atoms with Crippen molar-refractivity contribution in [1.82, 2.24) is 0 Å². The quantitative estimate of drug-likeness (QED) is 0.369. The van der Waals surface area contributed by atoms with Crippen LogP contribution in [0.15, 0.2) is 11.8 Å². The number of aliphatic hydroxyl groups is 3. The van der Waals surface area contributed by atoms with Crippen LogP contribution in [0.4, 0.5) is 0 Å². The SMILES string of the molecule is O=C(O)C1=C[C@H](O)[C@H](O)[C@@H](O)O1. The van der Waals surface area contributed by atoms with Gasteiger partial charge in [0.2, 0.25) is 12.0 Å². The third kappa shape index (κ3) is 1.55. The largest absolute Gasteiger partial charge is 0.475 e. The Hall–Kier alpha value is -1.11. The number of rotatable bonds is 1. The van der Waals surface area contributed by atoms with Crippen molar-refractivity contribution in [2.24, 2.45) is 0 Å². The van der Waals surface area contributed by atoms with Gasteiger partial charge in [-0.25, -0.2) is 4.79 Å². The van der Waals surface area contributed by atoms with Crippen LogP contribution in [-0.2, 0) is 9.53 Å². The number of hydrogen-bond acceptors (Lipinski definition) is 5. The molecule has 0 fully saturated rings. The highest BCUT2D eigenvalue weighted by Crippen LogP contribution is 2.16. The van der Waals surface area contributed by atoms with Gasteiger partial charge in [0.25, 0.3) is 0 Å². The number of carboxylic acids is 1. The van der Waals surface area contributed by atoms with Gasteiger partial charge in [-0.3, -0.25) is 0 Å². The maximum Gasteiger partial charge on any atom is 0.371 e. The topological polar surface area (TPSA) is 107 Å². The summed E-state index contributed by atoms with van der Waals surface area (Å²) in [6, 6.07) is 0. The molecule has 6 nitrogen and oxygen atoms in total. The molecule has 0 aromatic carbocycles. The molecule has 12 heavy (non-hydrogen) atoms. The van der Waals surface area contributed by atoms with Crippen molar-refractivity contribution in [2.45, 2.75) is 18.5 Å². The molecule has 1 aliphatic rings. The molecule has 1 rings (SSSR count). The summed E-state index contributed by atoms with van der Waals surface area (Å²) >= 11 is 0. The zero-order valence-corrected chi connectivity index (χ0v) is 5.91. The summed E-state index contributed by atoms with van der Waals surface area (Å²) in [6.07, 6.45) is -3.80. The Balaban J connectivity index is 2.81. The first-order chi connectivity index (χ1) is 5.52. The van der Waals surface area contributed by atoms with E-state index in [-0.39, 0.29) is 0 Å². The lowest BCUT2D eigenvalue weighted by Crippen LogP contribution is -2.42. The van der Waals surface area contributed by atoms with E-state index < -0.39 is 30.2 Å². The molecule has 0 radical (unpaired) electrons. The number of ether oxygens (including phenoxy) is 1. The molecule has 0 spiro atoms. The molecule has 0 saturated carbocycles. The second-order valence-corrected chi connectivity index (χ2v) is 2.33. The summed E-state index contributed by atoms with van der Waals surface area (Å²) < 4.78 is 4.34. The summed E-state index contributed by atoms with van der Waals surface area (Å²) in [7, 11) is 0. The Morgan fingerprint density at radius 2 is 2.00 bits per heavy atom. The van der Waals surface area contributed by atoms with Crippen LogP contribution in [0.2, 0.25) is 0 Å². The van der Waals surface area contributed by atoms with Crippen molar-refractivity contribution in [3.05, 3.63) is 11.8 Å². The van der Waals surface area contributed by atoms with E-state index in [0.717, 1.165) is 6.08 Å². The van der Waals surface area contributed by atoms with Gasteiger partial charge in [-0.2, -0.15) is 0 Å². The van der Waals surface area contributed by atoms with Crippen molar-refractivity contribution in [1.29, 1.82) is 0 Å². The van der Waals surface area contributed by atoms with Gasteiger partial charge in [0.1, 0.15) is 12.2 Å². The Bertz CT molecular complexity index is 222. The normalized spacial score (nSPS) is 35.2. The molecule has 0 aliphatic carbocycles. The summed E-state index contributed by atoms with van der Waals surface area (Å²) in [4.78, 5) is 10.3. The van der Waals surface area contributed by atoms with E-state index >= 15 is 0 Å². The van der Waals surface area contributed by atoms with Crippen molar-refractivity contribution < 1.29 is 30.0 Å². The van der Waals surface area contributed by atoms with Gasteiger partial charge in [0.15, 0.2) is 0 Å². The van der Waals surface area contributed by atoms with Crippen LogP contribution < -0.4 is 0 Å². The lowest BCUT2D eigenvalue weighted by Gasteiger charge is -2.26. The van der Waals surface area contributed by atoms with Crippen molar-refractivity contribution in [2.75, 3.05) is 0 Å². The molecule has 0 amide bonds. The van der Waals surface area contributed by atoms with E-state index in [0.29, 0.717) is 0 Å². The predicted octanol–water partition coefficient (Wildman–Crippen LogP) is -1.97. The molecule has 1 aliphatic heterocycles. The third-order valence-electron chi connectivity index (χ3n) is 1.42. The van der Waals surface area contributed by atoms with Gasteiger partial charge in [-0.1, -0.05) is 0 Å². The zero-order chi connectivity index (χ0) is 9.30. The van der Waals surface area contributed by atoms with Gasteiger partial charge in [-0.15, -0.1) is 0 Å². The number of carbonyl (C=O) groups is 1. The minimum Gasteiger partial charge on any atom is -0.475 e. The summed E-state index contributed by atoms with van der Waals surface area (Å²) in [5, 5.41) is 35.0. The summed E-state index contributed by atoms with van der Waals surface area (Å²) in [5.41, 5.74) is 0. The highest BCUT2D eigenvalue weighted by Gasteiger charge is 2.32. The molecule has 0 bridgehead atoms. The summed E-state index contributed by atoms with van der Waals surface area (Å²) in [6.45, 7) is 0. The van der Waals surface area contributed by atoms with Gasteiger partial charge in [-0.05, 0) is 6.08 Å². The molecular weight excluding hydrogens is 168 g/mol. The van der Waals surface area contributed by atoms with Crippen LogP contribution in [0.3, 0.4) is 0 Å². The maximum absolute atomic E-state index is 10.3. The molecular formula is C6H8O6.